The zero-order valence-corrected chi connectivity index (χ0v) is 11.5. The number of nitrogens with two attached hydrogens (primary N) is 1. The Morgan fingerprint density at radius 3 is 2.43 bits per heavy atom. The molecular formula is C15H9ClN4O. The number of hydrogen-bond donors (Lipinski definition) is 2. The van der Waals surface area contributed by atoms with E-state index in [0.717, 1.165) is 0 Å². The largest absolute Gasteiger partial charge is 0.398 e. The Hall–Kier alpha value is -3.02. The number of halogens is 1. The Kier molecular flexibility index (Phi) is 4.08. The van der Waals surface area contributed by atoms with E-state index in [0.29, 0.717) is 22.0 Å². The lowest BCUT2D eigenvalue weighted by Crippen LogP contribution is -2.12. The van der Waals surface area contributed by atoms with Crippen LogP contribution in [0.5, 0.6) is 0 Å². The molecule has 1 amide bonds. The molecular weight excluding hydrogens is 288 g/mol. The van der Waals surface area contributed by atoms with Crippen molar-refractivity contribution in [2.45, 2.75) is 0 Å². The van der Waals surface area contributed by atoms with Crippen LogP contribution >= 0.6 is 11.6 Å². The molecule has 5 nitrogen and oxygen atoms in total. The topological polar surface area (TPSA) is 103 Å². The van der Waals surface area contributed by atoms with Crippen molar-refractivity contribution in [1.82, 2.24) is 0 Å². The highest BCUT2D eigenvalue weighted by atomic mass is 35.5. The third-order valence-electron chi connectivity index (χ3n) is 2.78. The fraction of sp³-hybridized carbons (Fsp3) is 0. The van der Waals surface area contributed by atoms with E-state index in [9.17, 15) is 4.79 Å². The molecule has 21 heavy (non-hydrogen) atoms. The van der Waals surface area contributed by atoms with E-state index in [1.807, 2.05) is 12.1 Å². The standard InChI is InChI=1S/C15H9ClN4O/c16-13-4-2-9(6-14(13)19)15(21)20-12-3-1-10(7-17)11(5-12)8-18/h1-6H,19H2,(H,20,21). The second-order valence-corrected chi connectivity index (χ2v) is 4.58. The number of anilines is 2. The number of benzene rings is 2. The van der Waals surface area contributed by atoms with E-state index < -0.39 is 0 Å². The molecule has 0 aliphatic heterocycles. The Balaban J connectivity index is 2.26. The molecule has 0 radical (unpaired) electrons. The van der Waals surface area contributed by atoms with Crippen LogP contribution in [0.25, 0.3) is 0 Å². The van der Waals surface area contributed by atoms with Crippen molar-refractivity contribution in [3.05, 3.63) is 58.1 Å². The molecule has 2 aromatic carbocycles. The van der Waals surface area contributed by atoms with Crippen LogP contribution in [0.1, 0.15) is 21.5 Å². The van der Waals surface area contributed by atoms with Crippen LogP contribution in [0.15, 0.2) is 36.4 Å². The van der Waals surface area contributed by atoms with E-state index >= 15 is 0 Å². The highest BCUT2D eigenvalue weighted by Crippen LogP contribution is 2.21. The molecule has 0 spiro atoms. The smallest absolute Gasteiger partial charge is 0.255 e. The van der Waals surface area contributed by atoms with Gasteiger partial charge in [0.2, 0.25) is 0 Å². The monoisotopic (exact) mass is 296 g/mol. The fourth-order valence-electron chi connectivity index (χ4n) is 1.70. The van der Waals surface area contributed by atoms with Gasteiger partial charge in [-0.25, -0.2) is 0 Å². The molecule has 2 aromatic rings. The summed E-state index contributed by atoms with van der Waals surface area (Å²) < 4.78 is 0. The highest BCUT2D eigenvalue weighted by Gasteiger charge is 2.09. The predicted molar refractivity (Wildman–Crippen MR) is 79.7 cm³/mol. The Bertz CT molecular complexity index is 802. The Morgan fingerprint density at radius 2 is 1.81 bits per heavy atom. The minimum atomic E-state index is -0.382. The van der Waals surface area contributed by atoms with Crippen LogP contribution in [-0.4, -0.2) is 5.91 Å². The van der Waals surface area contributed by atoms with Crippen molar-refractivity contribution in [2.24, 2.45) is 0 Å². The second kappa shape index (κ2) is 5.96. The minimum Gasteiger partial charge on any atom is -0.398 e. The van der Waals surface area contributed by atoms with Gasteiger partial charge in [0.15, 0.2) is 0 Å². The summed E-state index contributed by atoms with van der Waals surface area (Å²) in [6.07, 6.45) is 0. The van der Waals surface area contributed by atoms with E-state index in [1.165, 1.54) is 24.3 Å². The molecule has 0 aromatic heterocycles. The summed E-state index contributed by atoms with van der Waals surface area (Å²) in [6.45, 7) is 0. The molecule has 0 atom stereocenters. The van der Waals surface area contributed by atoms with Crippen molar-refractivity contribution < 1.29 is 4.79 Å². The van der Waals surface area contributed by atoms with Crippen LogP contribution in [0.4, 0.5) is 11.4 Å². The fourth-order valence-corrected chi connectivity index (χ4v) is 1.82. The van der Waals surface area contributed by atoms with E-state index in [4.69, 9.17) is 27.9 Å². The zero-order valence-electron chi connectivity index (χ0n) is 10.7. The van der Waals surface area contributed by atoms with Crippen molar-refractivity contribution in [2.75, 3.05) is 11.1 Å². The van der Waals surface area contributed by atoms with E-state index in [1.54, 1.807) is 12.1 Å². The summed E-state index contributed by atoms with van der Waals surface area (Å²) in [5.41, 5.74) is 7.17. The quantitative estimate of drug-likeness (QED) is 0.831. The number of amides is 1. The normalized spacial score (nSPS) is 9.48. The molecule has 0 aliphatic carbocycles. The average Bonchev–Trinajstić information content (AvgIpc) is 2.49. The maximum absolute atomic E-state index is 12.1. The van der Waals surface area contributed by atoms with Gasteiger partial charge in [0.05, 0.1) is 21.8 Å². The number of carbonyl (C=O) groups is 1. The van der Waals surface area contributed by atoms with Gasteiger partial charge in [-0.2, -0.15) is 10.5 Å². The molecule has 6 heteroatoms. The third kappa shape index (κ3) is 3.11. The SMILES string of the molecule is N#Cc1ccc(NC(=O)c2ccc(Cl)c(N)c2)cc1C#N. The summed E-state index contributed by atoms with van der Waals surface area (Å²) in [6, 6.07) is 12.8. The summed E-state index contributed by atoms with van der Waals surface area (Å²) >= 11 is 5.80. The van der Waals surface area contributed by atoms with Crippen molar-refractivity contribution in [3.63, 3.8) is 0 Å². The maximum Gasteiger partial charge on any atom is 0.255 e. The molecule has 0 heterocycles. The number of carbonyl (C=O) groups excluding carboxylic acids is 1. The molecule has 3 N–H and O–H groups in total. The predicted octanol–water partition coefficient (Wildman–Crippen LogP) is 2.92. The van der Waals surface area contributed by atoms with Gasteiger partial charge < -0.3 is 11.1 Å². The molecule has 0 aliphatic rings. The van der Waals surface area contributed by atoms with Gasteiger partial charge in [0, 0.05) is 11.3 Å². The van der Waals surface area contributed by atoms with Gasteiger partial charge in [-0.05, 0) is 36.4 Å². The van der Waals surface area contributed by atoms with Crippen LogP contribution in [-0.2, 0) is 0 Å². The van der Waals surface area contributed by atoms with Crippen molar-refractivity contribution in [1.29, 1.82) is 10.5 Å². The average molecular weight is 297 g/mol. The number of nitriles is 2. The molecule has 0 bridgehead atoms. The van der Waals surface area contributed by atoms with Gasteiger partial charge >= 0.3 is 0 Å². The number of nitrogen functional groups attached to an aromatic ring is 1. The van der Waals surface area contributed by atoms with E-state index in [-0.39, 0.29) is 17.0 Å². The molecule has 0 saturated heterocycles. The number of nitrogens with one attached hydrogen (secondary N) is 1. The molecule has 2 rings (SSSR count). The first-order valence-electron chi connectivity index (χ1n) is 5.86. The van der Waals surface area contributed by atoms with Gasteiger partial charge in [0.1, 0.15) is 12.1 Å². The maximum atomic E-state index is 12.1. The summed E-state index contributed by atoms with van der Waals surface area (Å²) in [5.74, 6) is -0.382. The molecule has 0 unspecified atom stereocenters. The molecule has 102 valence electrons. The lowest BCUT2D eigenvalue weighted by molar-refractivity contribution is 0.102. The van der Waals surface area contributed by atoms with Gasteiger partial charge in [-0.3, -0.25) is 4.79 Å². The third-order valence-corrected chi connectivity index (χ3v) is 3.12. The second-order valence-electron chi connectivity index (χ2n) is 4.17. The van der Waals surface area contributed by atoms with E-state index in [2.05, 4.69) is 5.32 Å². The lowest BCUT2D eigenvalue weighted by Gasteiger charge is -2.07. The lowest BCUT2D eigenvalue weighted by atomic mass is 10.1. The minimum absolute atomic E-state index is 0.200. The first-order valence-corrected chi connectivity index (χ1v) is 6.23. The Labute approximate surface area is 126 Å². The van der Waals surface area contributed by atoms with Gasteiger partial charge in [-0.15, -0.1) is 0 Å². The number of rotatable bonds is 2. The van der Waals surface area contributed by atoms with Crippen molar-refractivity contribution in [3.8, 4) is 12.1 Å². The van der Waals surface area contributed by atoms with Gasteiger partial charge in [0.25, 0.3) is 5.91 Å². The van der Waals surface area contributed by atoms with Crippen LogP contribution in [0.3, 0.4) is 0 Å². The summed E-state index contributed by atoms with van der Waals surface area (Å²) in [4.78, 5) is 12.1. The zero-order chi connectivity index (χ0) is 15.4. The van der Waals surface area contributed by atoms with Crippen LogP contribution in [0, 0.1) is 22.7 Å². The summed E-state index contributed by atoms with van der Waals surface area (Å²) in [7, 11) is 0. The first kappa shape index (κ1) is 14.4. The highest BCUT2D eigenvalue weighted by molar-refractivity contribution is 6.33. The summed E-state index contributed by atoms with van der Waals surface area (Å²) in [5, 5.41) is 20.8. The molecule has 0 fully saturated rings. The van der Waals surface area contributed by atoms with Crippen LogP contribution in [0.2, 0.25) is 5.02 Å². The first-order chi connectivity index (χ1) is 10.0. The molecule has 0 saturated carbocycles. The van der Waals surface area contributed by atoms with Crippen molar-refractivity contribution >= 4 is 28.9 Å². The van der Waals surface area contributed by atoms with Crippen LogP contribution < -0.4 is 11.1 Å². The van der Waals surface area contributed by atoms with Gasteiger partial charge in [-0.1, -0.05) is 11.6 Å². The number of nitrogens with zero attached hydrogens (tertiary/aromatic N) is 2. The number of hydrogen-bond acceptors (Lipinski definition) is 4. The Morgan fingerprint density at radius 1 is 1.10 bits per heavy atom.